The molecule has 1 atom stereocenters. The van der Waals surface area contributed by atoms with Crippen LogP contribution < -0.4 is 5.32 Å². The van der Waals surface area contributed by atoms with E-state index in [2.05, 4.69) is 35.5 Å². The van der Waals surface area contributed by atoms with E-state index in [1.165, 1.54) is 16.0 Å². The quantitative estimate of drug-likeness (QED) is 0.656. The summed E-state index contributed by atoms with van der Waals surface area (Å²) in [5.41, 5.74) is 3.03. The van der Waals surface area contributed by atoms with Gasteiger partial charge in [-0.2, -0.15) is 0 Å². The SMILES string of the molecule is CCCC(NC(=O)c1ccc(CN(CC)CC)cc1)C(=O)N1CCc2sccc2C1. The molecule has 1 aromatic carbocycles. The molecule has 30 heavy (non-hydrogen) atoms. The van der Waals surface area contributed by atoms with Crippen molar-refractivity contribution in [2.24, 2.45) is 0 Å². The van der Waals surface area contributed by atoms with E-state index in [0.29, 0.717) is 18.5 Å². The summed E-state index contributed by atoms with van der Waals surface area (Å²) < 4.78 is 0. The van der Waals surface area contributed by atoms with Crippen LogP contribution in [0.1, 0.15) is 60.0 Å². The number of benzene rings is 1. The average molecular weight is 428 g/mol. The van der Waals surface area contributed by atoms with Gasteiger partial charge >= 0.3 is 0 Å². The zero-order chi connectivity index (χ0) is 21.5. The van der Waals surface area contributed by atoms with Crippen molar-refractivity contribution in [3.8, 4) is 0 Å². The Morgan fingerprint density at radius 3 is 2.53 bits per heavy atom. The number of amides is 2. The maximum absolute atomic E-state index is 13.1. The fraction of sp³-hybridized carbons (Fsp3) is 0.500. The molecule has 0 fully saturated rings. The summed E-state index contributed by atoms with van der Waals surface area (Å²) >= 11 is 1.76. The second-order valence-corrected chi connectivity index (χ2v) is 8.85. The number of rotatable bonds is 9. The fourth-order valence-corrected chi connectivity index (χ4v) is 4.80. The Morgan fingerprint density at radius 1 is 1.13 bits per heavy atom. The van der Waals surface area contributed by atoms with Crippen molar-refractivity contribution in [2.45, 2.75) is 59.2 Å². The highest BCUT2D eigenvalue weighted by atomic mass is 32.1. The Hall–Kier alpha value is -2.18. The Balaban J connectivity index is 1.63. The van der Waals surface area contributed by atoms with Crippen LogP contribution in [-0.2, 0) is 24.3 Å². The monoisotopic (exact) mass is 427 g/mol. The van der Waals surface area contributed by atoms with Crippen LogP contribution in [0.5, 0.6) is 0 Å². The van der Waals surface area contributed by atoms with Gasteiger partial charge in [0.1, 0.15) is 6.04 Å². The Kier molecular flexibility index (Phi) is 8.05. The van der Waals surface area contributed by atoms with Crippen LogP contribution in [0.4, 0.5) is 0 Å². The minimum atomic E-state index is -0.474. The molecular weight excluding hydrogens is 394 g/mol. The maximum atomic E-state index is 13.1. The third-order valence-electron chi connectivity index (χ3n) is 5.82. The second kappa shape index (κ2) is 10.7. The van der Waals surface area contributed by atoms with Crippen molar-refractivity contribution in [3.05, 3.63) is 57.3 Å². The summed E-state index contributed by atoms with van der Waals surface area (Å²) in [5.74, 6) is -0.148. The van der Waals surface area contributed by atoms with Gasteiger partial charge in [0.05, 0.1) is 0 Å². The molecule has 0 bridgehead atoms. The topological polar surface area (TPSA) is 52.7 Å². The first kappa shape index (κ1) is 22.5. The van der Waals surface area contributed by atoms with E-state index in [9.17, 15) is 9.59 Å². The van der Waals surface area contributed by atoms with Crippen LogP contribution >= 0.6 is 11.3 Å². The molecule has 0 saturated carbocycles. The fourth-order valence-electron chi connectivity index (χ4n) is 3.91. The van der Waals surface area contributed by atoms with Gasteiger partial charge in [0, 0.05) is 30.1 Å². The Labute approximate surface area is 184 Å². The second-order valence-electron chi connectivity index (χ2n) is 7.85. The summed E-state index contributed by atoms with van der Waals surface area (Å²) in [5, 5.41) is 5.08. The zero-order valence-electron chi connectivity index (χ0n) is 18.3. The molecule has 1 N–H and O–H groups in total. The Bertz CT molecular complexity index is 842. The van der Waals surface area contributed by atoms with Gasteiger partial charge in [0.25, 0.3) is 5.91 Å². The molecule has 6 heteroatoms. The predicted molar refractivity (Wildman–Crippen MR) is 123 cm³/mol. The predicted octanol–water partition coefficient (Wildman–Crippen LogP) is 4.07. The lowest BCUT2D eigenvalue weighted by molar-refractivity contribution is -0.134. The highest BCUT2D eigenvalue weighted by Crippen LogP contribution is 2.24. The number of fused-ring (bicyclic) bond motifs is 1. The number of thiophene rings is 1. The van der Waals surface area contributed by atoms with Crippen LogP contribution in [0.3, 0.4) is 0 Å². The molecule has 2 aromatic rings. The lowest BCUT2D eigenvalue weighted by Crippen LogP contribution is -2.49. The van der Waals surface area contributed by atoms with E-state index in [1.54, 1.807) is 11.3 Å². The Morgan fingerprint density at radius 2 is 1.87 bits per heavy atom. The molecule has 1 aromatic heterocycles. The van der Waals surface area contributed by atoms with Crippen LogP contribution in [-0.4, -0.2) is 47.3 Å². The van der Waals surface area contributed by atoms with E-state index in [1.807, 2.05) is 36.1 Å². The summed E-state index contributed by atoms with van der Waals surface area (Å²) in [6.07, 6.45) is 2.40. The van der Waals surface area contributed by atoms with Gasteiger partial charge in [-0.05, 0) is 60.6 Å². The molecule has 0 saturated heterocycles. The molecule has 2 amide bonds. The van der Waals surface area contributed by atoms with Gasteiger partial charge in [-0.3, -0.25) is 14.5 Å². The van der Waals surface area contributed by atoms with Crippen molar-refractivity contribution in [3.63, 3.8) is 0 Å². The number of hydrogen-bond donors (Lipinski definition) is 1. The summed E-state index contributed by atoms with van der Waals surface area (Å²) in [6.45, 7) is 10.6. The van der Waals surface area contributed by atoms with Crippen LogP contribution in [0.25, 0.3) is 0 Å². The zero-order valence-corrected chi connectivity index (χ0v) is 19.1. The van der Waals surface area contributed by atoms with Gasteiger partial charge in [-0.15, -0.1) is 11.3 Å². The largest absolute Gasteiger partial charge is 0.340 e. The molecule has 0 radical (unpaired) electrons. The standard InChI is InChI=1S/C24H33N3O2S/c1-4-7-21(24(29)27-14-12-22-20(17-27)13-15-30-22)25-23(28)19-10-8-18(9-11-19)16-26(5-2)6-3/h8-11,13,15,21H,4-7,12,14,16-17H2,1-3H3,(H,25,28). The molecule has 1 aliphatic rings. The molecule has 5 nitrogen and oxygen atoms in total. The van der Waals surface area contributed by atoms with Gasteiger partial charge in [-0.1, -0.05) is 39.3 Å². The van der Waals surface area contributed by atoms with Crippen molar-refractivity contribution < 1.29 is 9.59 Å². The number of carbonyl (C=O) groups is 2. The van der Waals surface area contributed by atoms with E-state index in [0.717, 1.165) is 39.0 Å². The summed E-state index contributed by atoms with van der Waals surface area (Å²) in [7, 11) is 0. The minimum absolute atomic E-state index is 0.0280. The lowest BCUT2D eigenvalue weighted by Gasteiger charge is -2.31. The molecule has 162 valence electrons. The summed E-state index contributed by atoms with van der Waals surface area (Å²) in [6, 6.07) is 9.37. The van der Waals surface area contributed by atoms with Crippen LogP contribution in [0, 0.1) is 0 Å². The normalized spacial score (nSPS) is 14.5. The van der Waals surface area contributed by atoms with Crippen molar-refractivity contribution >= 4 is 23.2 Å². The molecule has 2 heterocycles. The molecule has 0 aliphatic carbocycles. The van der Waals surface area contributed by atoms with Gasteiger partial charge in [-0.25, -0.2) is 0 Å². The lowest BCUT2D eigenvalue weighted by atomic mass is 10.1. The summed E-state index contributed by atoms with van der Waals surface area (Å²) in [4.78, 5) is 31.6. The van der Waals surface area contributed by atoms with Crippen LogP contribution in [0.15, 0.2) is 35.7 Å². The minimum Gasteiger partial charge on any atom is -0.340 e. The molecule has 0 spiro atoms. The number of nitrogens with one attached hydrogen (secondary N) is 1. The van der Waals surface area contributed by atoms with Crippen LogP contribution in [0.2, 0.25) is 0 Å². The number of carbonyl (C=O) groups excluding carboxylic acids is 2. The van der Waals surface area contributed by atoms with E-state index < -0.39 is 6.04 Å². The van der Waals surface area contributed by atoms with Gasteiger partial charge in [0.15, 0.2) is 0 Å². The first-order chi connectivity index (χ1) is 14.5. The smallest absolute Gasteiger partial charge is 0.251 e. The average Bonchev–Trinajstić information content (AvgIpc) is 3.25. The highest BCUT2D eigenvalue weighted by molar-refractivity contribution is 7.10. The third-order valence-corrected chi connectivity index (χ3v) is 6.84. The molecule has 1 unspecified atom stereocenters. The highest BCUT2D eigenvalue weighted by Gasteiger charge is 2.28. The molecule has 3 rings (SSSR count). The number of nitrogens with zero attached hydrogens (tertiary/aromatic N) is 2. The number of hydrogen-bond acceptors (Lipinski definition) is 4. The van der Waals surface area contributed by atoms with Crippen molar-refractivity contribution in [1.82, 2.24) is 15.1 Å². The maximum Gasteiger partial charge on any atom is 0.251 e. The van der Waals surface area contributed by atoms with Gasteiger partial charge in [0.2, 0.25) is 5.91 Å². The van der Waals surface area contributed by atoms with Crippen molar-refractivity contribution in [2.75, 3.05) is 19.6 Å². The van der Waals surface area contributed by atoms with E-state index >= 15 is 0 Å². The molecular formula is C24H33N3O2S. The van der Waals surface area contributed by atoms with E-state index in [4.69, 9.17) is 0 Å². The van der Waals surface area contributed by atoms with Crippen molar-refractivity contribution in [1.29, 1.82) is 0 Å². The van der Waals surface area contributed by atoms with Gasteiger partial charge < -0.3 is 10.2 Å². The first-order valence-electron chi connectivity index (χ1n) is 11.0. The molecule has 1 aliphatic heterocycles. The first-order valence-corrected chi connectivity index (χ1v) is 11.9. The van der Waals surface area contributed by atoms with E-state index in [-0.39, 0.29) is 11.8 Å². The third kappa shape index (κ3) is 5.49.